The van der Waals surface area contributed by atoms with Crippen LogP contribution in [0.5, 0.6) is 0 Å². The van der Waals surface area contributed by atoms with Crippen LogP contribution in [0.15, 0.2) is 51.2 Å². The first-order chi connectivity index (χ1) is 12.9. The van der Waals surface area contributed by atoms with Crippen LogP contribution >= 0.6 is 11.3 Å². The van der Waals surface area contributed by atoms with Crippen LogP contribution in [-0.2, 0) is 14.8 Å². The lowest BCUT2D eigenvalue weighted by Gasteiger charge is -2.35. The van der Waals surface area contributed by atoms with Gasteiger partial charge in [0.1, 0.15) is 0 Å². The minimum atomic E-state index is -3.59. The third-order valence-corrected chi connectivity index (χ3v) is 6.90. The second-order valence-electron chi connectivity index (χ2n) is 6.16. The summed E-state index contributed by atoms with van der Waals surface area (Å²) in [5.74, 6) is 0.651. The molecule has 1 N–H and O–H groups in total. The fourth-order valence-electron chi connectivity index (χ4n) is 2.76. The topological polar surface area (TPSA) is 105 Å². The van der Waals surface area contributed by atoms with Crippen molar-refractivity contribution in [1.29, 1.82) is 0 Å². The van der Waals surface area contributed by atoms with Gasteiger partial charge < -0.3 is 9.84 Å². The van der Waals surface area contributed by atoms with Crippen molar-refractivity contribution in [3.05, 3.63) is 47.7 Å². The molecule has 0 atom stereocenters. The molecule has 0 aliphatic carbocycles. The molecule has 1 aromatic carbocycles. The fourth-order valence-corrected chi connectivity index (χ4v) is 4.94. The zero-order valence-corrected chi connectivity index (χ0v) is 16.0. The Morgan fingerprint density at radius 1 is 1.26 bits per heavy atom. The number of nitrogens with zero attached hydrogens (tertiary/aromatic N) is 3. The number of thiophene rings is 1. The normalized spacial score (nSPS) is 15.4. The van der Waals surface area contributed by atoms with E-state index in [1.165, 1.54) is 34.7 Å². The lowest BCUT2D eigenvalue weighted by Crippen LogP contribution is -2.48. The van der Waals surface area contributed by atoms with Crippen LogP contribution in [0.1, 0.15) is 18.7 Å². The Hall–Kier alpha value is -2.56. The predicted octanol–water partition coefficient (Wildman–Crippen LogP) is 2.54. The van der Waals surface area contributed by atoms with Crippen LogP contribution in [0.25, 0.3) is 10.7 Å². The molecule has 0 spiro atoms. The molecule has 2 aromatic heterocycles. The number of hydrogen-bond acceptors (Lipinski definition) is 7. The minimum absolute atomic E-state index is 0.111. The smallest absolute Gasteiger partial charge is 0.243 e. The Morgan fingerprint density at radius 2 is 2.00 bits per heavy atom. The van der Waals surface area contributed by atoms with Gasteiger partial charge in [-0.15, -0.1) is 11.3 Å². The van der Waals surface area contributed by atoms with Gasteiger partial charge in [-0.2, -0.15) is 9.29 Å². The summed E-state index contributed by atoms with van der Waals surface area (Å²) in [6.45, 7) is 1.98. The Kier molecular flexibility index (Phi) is 4.54. The summed E-state index contributed by atoms with van der Waals surface area (Å²) in [6.07, 6.45) is 0. The van der Waals surface area contributed by atoms with E-state index >= 15 is 0 Å². The molecule has 140 valence electrons. The first-order valence-corrected chi connectivity index (χ1v) is 10.5. The van der Waals surface area contributed by atoms with Crippen LogP contribution in [-0.4, -0.2) is 41.9 Å². The maximum atomic E-state index is 12.7. The highest BCUT2D eigenvalue weighted by Crippen LogP contribution is 2.33. The van der Waals surface area contributed by atoms with Crippen LogP contribution in [0.4, 0.5) is 5.69 Å². The number of anilines is 1. The van der Waals surface area contributed by atoms with Crippen LogP contribution in [0.3, 0.4) is 0 Å². The number of carbonyl (C=O) groups is 1. The van der Waals surface area contributed by atoms with Crippen molar-refractivity contribution >= 4 is 33.0 Å². The number of carbonyl (C=O) groups excluding carboxylic acids is 1. The first-order valence-electron chi connectivity index (χ1n) is 8.19. The Bertz CT molecular complexity index is 1050. The van der Waals surface area contributed by atoms with Gasteiger partial charge in [-0.25, -0.2) is 8.42 Å². The predicted molar refractivity (Wildman–Crippen MR) is 99.9 cm³/mol. The number of aromatic nitrogens is 2. The molecule has 3 aromatic rings. The number of sulfonamides is 1. The average molecular weight is 404 g/mol. The van der Waals surface area contributed by atoms with Crippen molar-refractivity contribution in [3.63, 3.8) is 0 Å². The van der Waals surface area contributed by atoms with Gasteiger partial charge >= 0.3 is 0 Å². The molecule has 0 bridgehead atoms. The minimum Gasteiger partial charge on any atom is -0.339 e. The molecule has 8 nitrogen and oxygen atoms in total. The summed E-state index contributed by atoms with van der Waals surface area (Å²) in [5, 5.41) is 8.50. The van der Waals surface area contributed by atoms with Gasteiger partial charge in [0.25, 0.3) is 0 Å². The van der Waals surface area contributed by atoms with E-state index in [0.29, 0.717) is 30.5 Å². The van der Waals surface area contributed by atoms with E-state index in [0.717, 1.165) is 4.88 Å². The molecule has 27 heavy (non-hydrogen) atoms. The average Bonchev–Trinajstić information content (AvgIpc) is 3.24. The monoisotopic (exact) mass is 404 g/mol. The number of nitrogens with one attached hydrogen (secondary N) is 1. The summed E-state index contributed by atoms with van der Waals surface area (Å²) in [6, 6.07) is 9.91. The van der Waals surface area contributed by atoms with E-state index in [1.54, 1.807) is 12.1 Å². The highest BCUT2D eigenvalue weighted by molar-refractivity contribution is 7.89. The van der Waals surface area contributed by atoms with Crippen LogP contribution in [0.2, 0.25) is 0 Å². The van der Waals surface area contributed by atoms with Gasteiger partial charge in [0.15, 0.2) is 0 Å². The Morgan fingerprint density at radius 3 is 2.63 bits per heavy atom. The molecule has 3 heterocycles. The SMILES string of the molecule is CC(=O)Nc1ccc(S(=O)(=O)N2CC(c3nc(-c4cccs4)no3)C2)cc1. The maximum absolute atomic E-state index is 12.7. The Balaban J connectivity index is 1.43. The molecule has 10 heteroatoms. The van der Waals surface area contributed by atoms with Gasteiger partial charge in [0.2, 0.25) is 27.6 Å². The molecular weight excluding hydrogens is 388 g/mol. The van der Waals surface area contributed by atoms with Gasteiger partial charge in [0, 0.05) is 25.7 Å². The lowest BCUT2D eigenvalue weighted by molar-refractivity contribution is -0.114. The zero-order valence-electron chi connectivity index (χ0n) is 14.3. The van der Waals surface area contributed by atoms with Crippen molar-refractivity contribution < 1.29 is 17.7 Å². The third-order valence-electron chi connectivity index (χ3n) is 4.19. The van der Waals surface area contributed by atoms with E-state index in [9.17, 15) is 13.2 Å². The van der Waals surface area contributed by atoms with Gasteiger partial charge in [-0.05, 0) is 35.7 Å². The molecule has 1 fully saturated rings. The number of benzene rings is 1. The molecular formula is C17H16N4O4S2. The molecule has 1 aliphatic heterocycles. The summed E-state index contributed by atoms with van der Waals surface area (Å²) in [4.78, 5) is 16.5. The quantitative estimate of drug-likeness (QED) is 0.701. The summed E-state index contributed by atoms with van der Waals surface area (Å²) in [5.41, 5.74) is 0.551. The van der Waals surface area contributed by atoms with Crippen molar-refractivity contribution in [2.24, 2.45) is 0 Å². The van der Waals surface area contributed by atoms with Gasteiger partial charge in [-0.1, -0.05) is 11.2 Å². The molecule has 0 saturated carbocycles. The van der Waals surface area contributed by atoms with E-state index in [1.807, 2.05) is 17.5 Å². The molecule has 4 rings (SSSR count). The van der Waals surface area contributed by atoms with Gasteiger partial charge in [0.05, 0.1) is 15.7 Å². The van der Waals surface area contributed by atoms with Gasteiger partial charge in [-0.3, -0.25) is 4.79 Å². The molecule has 1 saturated heterocycles. The third kappa shape index (κ3) is 3.51. The van der Waals surface area contributed by atoms with E-state index in [2.05, 4.69) is 15.5 Å². The van der Waals surface area contributed by atoms with Crippen LogP contribution < -0.4 is 5.32 Å². The summed E-state index contributed by atoms with van der Waals surface area (Å²) in [7, 11) is -3.59. The molecule has 0 unspecified atom stereocenters. The second kappa shape index (κ2) is 6.87. The fraction of sp³-hybridized carbons (Fsp3) is 0.235. The van der Waals surface area contributed by atoms with E-state index in [-0.39, 0.29) is 16.7 Å². The maximum Gasteiger partial charge on any atom is 0.243 e. The van der Waals surface area contributed by atoms with Crippen molar-refractivity contribution in [2.75, 3.05) is 18.4 Å². The van der Waals surface area contributed by atoms with E-state index in [4.69, 9.17) is 4.52 Å². The molecule has 0 radical (unpaired) electrons. The zero-order chi connectivity index (χ0) is 19.0. The number of hydrogen-bond donors (Lipinski definition) is 1. The highest BCUT2D eigenvalue weighted by atomic mass is 32.2. The molecule has 1 aliphatic rings. The standard InChI is InChI=1S/C17H16N4O4S2/c1-11(22)18-13-4-6-14(7-5-13)27(23,24)21-9-12(10-21)17-19-16(20-25-17)15-3-2-8-26-15/h2-8,12H,9-10H2,1H3,(H,18,22). The first kappa shape index (κ1) is 17.8. The van der Waals surface area contributed by atoms with Crippen molar-refractivity contribution in [3.8, 4) is 10.7 Å². The number of rotatable bonds is 5. The lowest BCUT2D eigenvalue weighted by atomic mass is 10.0. The second-order valence-corrected chi connectivity index (χ2v) is 9.04. The van der Waals surface area contributed by atoms with E-state index < -0.39 is 10.0 Å². The largest absolute Gasteiger partial charge is 0.339 e. The van der Waals surface area contributed by atoms with Crippen molar-refractivity contribution in [1.82, 2.24) is 14.4 Å². The molecule has 1 amide bonds. The highest BCUT2D eigenvalue weighted by Gasteiger charge is 2.40. The van der Waals surface area contributed by atoms with Crippen LogP contribution in [0, 0.1) is 0 Å². The number of amides is 1. The summed E-state index contributed by atoms with van der Waals surface area (Å²) < 4.78 is 32.1. The Labute approximate surface area is 159 Å². The summed E-state index contributed by atoms with van der Waals surface area (Å²) >= 11 is 1.52. The van der Waals surface area contributed by atoms with Crippen molar-refractivity contribution in [2.45, 2.75) is 17.7 Å².